The molecule has 0 aliphatic carbocycles. The summed E-state index contributed by atoms with van der Waals surface area (Å²) in [5.74, 6) is 0.00377. The van der Waals surface area contributed by atoms with Crippen molar-refractivity contribution in [3.8, 4) is 5.75 Å². The molecule has 8 heteroatoms. The average molecular weight is 416 g/mol. The number of benzene rings is 1. The molecule has 1 aliphatic rings. The molecule has 0 radical (unpaired) electrons. The van der Waals surface area contributed by atoms with E-state index >= 15 is 0 Å². The molecule has 1 fully saturated rings. The lowest BCUT2D eigenvalue weighted by molar-refractivity contribution is -0.117. The number of nitrogens with one attached hydrogen (secondary N) is 2. The van der Waals surface area contributed by atoms with E-state index in [-0.39, 0.29) is 17.5 Å². The quantitative estimate of drug-likeness (QED) is 0.645. The van der Waals surface area contributed by atoms with Crippen molar-refractivity contribution >= 4 is 29.2 Å². The smallest absolute Gasteiger partial charge is 0.267 e. The second kappa shape index (κ2) is 10.8. The third-order valence-electron chi connectivity index (χ3n) is 4.49. The molecule has 0 spiro atoms. The molecule has 0 unspecified atom stereocenters. The minimum absolute atomic E-state index is 0.218. The molecule has 0 atom stereocenters. The molecule has 0 bridgehead atoms. The number of hydrogen-bond donors (Lipinski definition) is 2. The van der Waals surface area contributed by atoms with Crippen molar-refractivity contribution in [3.05, 3.63) is 57.9 Å². The number of carbonyl (C=O) groups is 2. The molecule has 1 aromatic heterocycles. The molecule has 154 valence electrons. The van der Waals surface area contributed by atoms with Crippen LogP contribution in [0.4, 0.5) is 0 Å². The van der Waals surface area contributed by atoms with Crippen molar-refractivity contribution in [1.29, 1.82) is 0 Å². The number of thiophene rings is 1. The second-order valence-electron chi connectivity index (χ2n) is 6.47. The molecular formula is C21H25N3O4S. The molecule has 7 nitrogen and oxygen atoms in total. The highest BCUT2D eigenvalue weighted by atomic mass is 32.1. The van der Waals surface area contributed by atoms with Gasteiger partial charge in [-0.1, -0.05) is 6.07 Å². The largest absolute Gasteiger partial charge is 0.497 e. The first kappa shape index (κ1) is 21.0. The zero-order valence-corrected chi connectivity index (χ0v) is 17.2. The van der Waals surface area contributed by atoms with Crippen LogP contribution in [0.25, 0.3) is 6.08 Å². The summed E-state index contributed by atoms with van der Waals surface area (Å²) in [6, 6.07) is 10.5. The fourth-order valence-corrected chi connectivity index (χ4v) is 3.52. The number of amides is 2. The molecule has 3 rings (SSSR count). The molecule has 2 N–H and O–H groups in total. The van der Waals surface area contributed by atoms with Crippen LogP contribution in [0.5, 0.6) is 5.75 Å². The van der Waals surface area contributed by atoms with Crippen molar-refractivity contribution in [2.45, 2.75) is 0 Å². The molecule has 29 heavy (non-hydrogen) atoms. The van der Waals surface area contributed by atoms with Crippen LogP contribution < -0.4 is 15.4 Å². The van der Waals surface area contributed by atoms with Gasteiger partial charge in [0.1, 0.15) is 11.4 Å². The van der Waals surface area contributed by atoms with Gasteiger partial charge in [-0.25, -0.2) is 0 Å². The van der Waals surface area contributed by atoms with E-state index in [0.717, 1.165) is 37.7 Å². The highest BCUT2D eigenvalue weighted by Gasteiger charge is 2.16. The first-order valence-electron chi connectivity index (χ1n) is 9.44. The van der Waals surface area contributed by atoms with Crippen LogP contribution in [0.3, 0.4) is 0 Å². The summed E-state index contributed by atoms with van der Waals surface area (Å²) in [4.78, 5) is 28.5. The molecule has 1 aliphatic heterocycles. The predicted octanol–water partition coefficient (Wildman–Crippen LogP) is 1.98. The molecule has 1 aromatic carbocycles. The van der Waals surface area contributed by atoms with Crippen molar-refractivity contribution < 1.29 is 19.1 Å². The molecule has 2 aromatic rings. The highest BCUT2D eigenvalue weighted by Crippen LogP contribution is 2.14. The Hall–Kier alpha value is -2.68. The van der Waals surface area contributed by atoms with Crippen LogP contribution in [0.1, 0.15) is 15.2 Å². The SMILES string of the molecule is COc1ccc(C(=O)N/C(=C/c2cccs2)C(=O)NCCN2CCOCC2)cc1. The minimum atomic E-state index is -0.348. The molecule has 1 saturated heterocycles. The van der Waals surface area contributed by atoms with Crippen molar-refractivity contribution in [1.82, 2.24) is 15.5 Å². The van der Waals surface area contributed by atoms with E-state index < -0.39 is 0 Å². The van der Waals surface area contributed by atoms with Crippen LogP contribution >= 0.6 is 11.3 Å². The van der Waals surface area contributed by atoms with E-state index in [1.807, 2.05) is 17.5 Å². The Morgan fingerprint density at radius 2 is 1.97 bits per heavy atom. The summed E-state index contributed by atoms with van der Waals surface area (Å²) >= 11 is 1.50. The first-order valence-corrected chi connectivity index (χ1v) is 10.3. The van der Waals surface area contributed by atoms with E-state index in [4.69, 9.17) is 9.47 Å². The summed E-state index contributed by atoms with van der Waals surface area (Å²) in [6.07, 6.45) is 1.69. The molecule has 0 saturated carbocycles. The van der Waals surface area contributed by atoms with E-state index in [1.54, 1.807) is 37.5 Å². The Labute approximate surface area is 174 Å². The Morgan fingerprint density at radius 1 is 1.21 bits per heavy atom. The van der Waals surface area contributed by atoms with Gasteiger partial charge < -0.3 is 20.1 Å². The fraction of sp³-hybridized carbons (Fsp3) is 0.333. The Bertz CT molecular complexity index is 828. The fourth-order valence-electron chi connectivity index (χ4n) is 2.86. The number of nitrogens with zero attached hydrogens (tertiary/aromatic N) is 1. The zero-order chi connectivity index (χ0) is 20.5. The van der Waals surface area contributed by atoms with Crippen LogP contribution in [0.15, 0.2) is 47.5 Å². The lowest BCUT2D eigenvalue weighted by Crippen LogP contribution is -2.42. The van der Waals surface area contributed by atoms with Gasteiger partial charge in [-0.3, -0.25) is 14.5 Å². The normalized spacial score (nSPS) is 15.0. The minimum Gasteiger partial charge on any atom is -0.497 e. The van der Waals surface area contributed by atoms with E-state index in [2.05, 4.69) is 15.5 Å². The standard InChI is InChI=1S/C21H25N3O4S/c1-27-17-6-4-16(5-7-17)20(25)23-19(15-18-3-2-14-29-18)21(26)22-8-9-24-10-12-28-13-11-24/h2-7,14-15H,8-13H2,1H3,(H,22,26)(H,23,25)/b19-15+. The van der Waals surface area contributed by atoms with Crippen molar-refractivity contribution in [2.24, 2.45) is 0 Å². The van der Waals surface area contributed by atoms with Gasteiger partial charge in [0.15, 0.2) is 0 Å². The van der Waals surface area contributed by atoms with Gasteiger partial charge in [-0.15, -0.1) is 11.3 Å². The van der Waals surface area contributed by atoms with Crippen LogP contribution in [0.2, 0.25) is 0 Å². The number of carbonyl (C=O) groups excluding carboxylic acids is 2. The zero-order valence-electron chi connectivity index (χ0n) is 16.3. The van der Waals surface area contributed by atoms with Crippen LogP contribution in [-0.4, -0.2) is 63.2 Å². The number of rotatable bonds is 8. The van der Waals surface area contributed by atoms with Crippen LogP contribution in [-0.2, 0) is 9.53 Å². The summed E-state index contributed by atoms with van der Waals surface area (Å²) < 4.78 is 10.4. The van der Waals surface area contributed by atoms with Crippen molar-refractivity contribution in [2.75, 3.05) is 46.5 Å². The van der Waals surface area contributed by atoms with Gasteiger partial charge >= 0.3 is 0 Å². The van der Waals surface area contributed by atoms with Gasteiger partial charge in [0.25, 0.3) is 11.8 Å². The lowest BCUT2D eigenvalue weighted by atomic mass is 10.2. The summed E-state index contributed by atoms with van der Waals surface area (Å²) in [7, 11) is 1.57. The third-order valence-corrected chi connectivity index (χ3v) is 5.31. The van der Waals surface area contributed by atoms with E-state index in [9.17, 15) is 9.59 Å². The Morgan fingerprint density at radius 3 is 2.62 bits per heavy atom. The molecular weight excluding hydrogens is 390 g/mol. The summed E-state index contributed by atoms with van der Waals surface area (Å²) in [5, 5.41) is 7.56. The van der Waals surface area contributed by atoms with Gasteiger partial charge in [0.2, 0.25) is 0 Å². The van der Waals surface area contributed by atoms with Gasteiger partial charge in [0.05, 0.1) is 20.3 Å². The number of hydrogen-bond acceptors (Lipinski definition) is 6. The number of ether oxygens (including phenoxy) is 2. The number of methoxy groups -OCH3 is 1. The summed E-state index contributed by atoms with van der Waals surface area (Å²) in [6.45, 7) is 4.40. The summed E-state index contributed by atoms with van der Waals surface area (Å²) in [5.41, 5.74) is 0.666. The maximum absolute atomic E-state index is 12.7. The number of morpholine rings is 1. The Balaban J connectivity index is 1.63. The van der Waals surface area contributed by atoms with Gasteiger partial charge in [0, 0.05) is 36.6 Å². The lowest BCUT2D eigenvalue weighted by Gasteiger charge is -2.26. The first-order chi connectivity index (χ1) is 14.2. The van der Waals surface area contributed by atoms with E-state index in [0.29, 0.717) is 17.9 Å². The maximum atomic E-state index is 12.7. The average Bonchev–Trinajstić information content (AvgIpc) is 3.27. The molecule has 2 heterocycles. The predicted molar refractivity (Wildman–Crippen MR) is 113 cm³/mol. The van der Waals surface area contributed by atoms with Crippen LogP contribution in [0, 0.1) is 0 Å². The second-order valence-corrected chi connectivity index (χ2v) is 7.45. The van der Waals surface area contributed by atoms with Crippen molar-refractivity contribution in [3.63, 3.8) is 0 Å². The highest BCUT2D eigenvalue weighted by molar-refractivity contribution is 7.10. The molecule has 2 amide bonds. The topological polar surface area (TPSA) is 79.9 Å². The Kier molecular flexibility index (Phi) is 7.80. The third kappa shape index (κ3) is 6.42. The van der Waals surface area contributed by atoms with Gasteiger partial charge in [-0.05, 0) is 41.8 Å². The van der Waals surface area contributed by atoms with E-state index in [1.165, 1.54) is 11.3 Å². The maximum Gasteiger partial charge on any atom is 0.267 e. The monoisotopic (exact) mass is 415 g/mol. The van der Waals surface area contributed by atoms with Gasteiger partial charge in [-0.2, -0.15) is 0 Å².